The maximum Gasteiger partial charge on any atom is 0.442 e. The van der Waals surface area contributed by atoms with Crippen LogP contribution in [0.1, 0.15) is 49.7 Å². The van der Waals surface area contributed by atoms with Gasteiger partial charge in [-0.3, -0.25) is 0 Å². The smallest absolute Gasteiger partial charge is 0.442 e. The second-order valence-electron chi connectivity index (χ2n) is 8.96. The van der Waals surface area contributed by atoms with Gasteiger partial charge in [-0.05, 0) is 79.4 Å². The molecular weight excluding hydrogens is 373 g/mol. The van der Waals surface area contributed by atoms with Gasteiger partial charge in [-0.1, -0.05) is 6.07 Å². The summed E-state index contributed by atoms with van der Waals surface area (Å²) in [6.45, 7) is -0.711. The molecule has 4 fully saturated rings. The Balaban J connectivity index is 1.56. The van der Waals surface area contributed by atoms with Crippen molar-refractivity contribution in [3.63, 3.8) is 0 Å². The van der Waals surface area contributed by atoms with E-state index in [1.54, 1.807) is 0 Å². The van der Waals surface area contributed by atoms with E-state index in [9.17, 15) is 18.0 Å². The number of nitrogens with zero attached hydrogens (tertiary/aromatic N) is 2. The second-order valence-corrected chi connectivity index (χ2v) is 8.96. The number of carboxylic acid groups (broad SMARTS) is 1. The Hall–Kier alpha value is -2.12. The van der Waals surface area contributed by atoms with Crippen molar-refractivity contribution in [3.8, 4) is 5.75 Å². The summed E-state index contributed by atoms with van der Waals surface area (Å²) in [6, 6.07) is 4.83. The molecule has 5 aliphatic rings. The molecule has 1 aromatic carbocycles. The second kappa shape index (κ2) is 5.70. The Kier molecular flexibility index (Phi) is 3.65. The molecule has 0 radical (unpaired) electrons. The minimum Gasteiger partial charge on any atom is -0.481 e. The van der Waals surface area contributed by atoms with E-state index in [0.717, 1.165) is 24.8 Å². The van der Waals surface area contributed by atoms with Crippen molar-refractivity contribution in [1.82, 2.24) is 0 Å². The zero-order valence-corrected chi connectivity index (χ0v) is 15.2. The van der Waals surface area contributed by atoms with Crippen molar-refractivity contribution >= 4 is 5.97 Å². The molecule has 4 bridgehead atoms. The summed E-state index contributed by atoms with van der Waals surface area (Å²) >= 11 is 0. The number of aliphatic carboxylic acids is 1. The number of carboxylic acids is 1. The molecule has 5 nitrogen and oxygen atoms in total. The highest BCUT2D eigenvalue weighted by molar-refractivity contribution is 5.68. The highest BCUT2D eigenvalue weighted by Crippen LogP contribution is 2.62. The van der Waals surface area contributed by atoms with Gasteiger partial charge in [0.15, 0.2) is 6.61 Å². The normalized spacial score (nSPS) is 34.5. The molecule has 0 atom stereocenters. The summed E-state index contributed by atoms with van der Waals surface area (Å²) in [4.78, 5) is 10.8. The van der Waals surface area contributed by atoms with Crippen molar-refractivity contribution in [2.75, 3.05) is 6.61 Å². The summed E-state index contributed by atoms with van der Waals surface area (Å²) in [6.07, 6.45) is 2.08. The van der Waals surface area contributed by atoms with Crippen molar-refractivity contribution in [1.29, 1.82) is 0 Å². The van der Waals surface area contributed by atoms with Crippen LogP contribution >= 0.6 is 0 Å². The minimum atomic E-state index is -4.69. The van der Waals surface area contributed by atoms with Gasteiger partial charge in [-0.25, -0.2) is 4.79 Å². The van der Waals surface area contributed by atoms with E-state index in [1.165, 1.54) is 31.4 Å². The van der Waals surface area contributed by atoms with E-state index < -0.39 is 24.4 Å². The molecule has 1 aliphatic heterocycles. The molecule has 4 aliphatic carbocycles. The third kappa shape index (κ3) is 2.63. The first kappa shape index (κ1) is 17.9. The van der Waals surface area contributed by atoms with Crippen molar-refractivity contribution in [2.24, 2.45) is 28.0 Å². The Morgan fingerprint density at radius 3 is 2.14 bits per heavy atom. The first-order valence-electron chi connectivity index (χ1n) is 9.71. The minimum absolute atomic E-state index is 0.0868. The lowest BCUT2D eigenvalue weighted by Crippen LogP contribution is -2.48. The fourth-order valence-corrected chi connectivity index (χ4v) is 6.29. The summed E-state index contributed by atoms with van der Waals surface area (Å²) in [5.74, 6) is 0.610. The SMILES string of the molecule is O=C(O)COc1ccc(C23CC4CC(CC(C4)C2)C3)cc1C1(C(F)(F)F)N=N1. The predicted octanol–water partition coefficient (Wildman–Crippen LogP) is 4.80. The molecule has 1 N–H and O–H groups in total. The molecule has 28 heavy (non-hydrogen) atoms. The van der Waals surface area contributed by atoms with Crippen LogP contribution in [0.4, 0.5) is 13.2 Å². The van der Waals surface area contributed by atoms with Gasteiger partial charge < -0.3 is 9.84 Å². The highest BCUT2D eigenvalue weighted by atomic mass is 19.4. The number of alkyl halides is 3. The summed E-state index contributed by atoms with van der Waals surface area (Å²) in [7, 11) is 0. The van der Waals surface area contributed by atoms with Crippen LogP contribution in [0.3, 0.4) is 0 Å². The molecule has 6 rings (SSSR count). The van der Waals surface area contributed by atoms with Crippen molar-refractivity contribution < 1.29 is 27.8 Å². The molecule has 0 aromatic heterocycles. The van der Waals surface area contributed by atoms with Gasteiger partial charge in [-0.15, -0.1) is 10.2 Å². The molecule has 0 saturated heterocycles. The molecular formula is C20H21F3N2O3. The molecule has 8 heteroatoms. The van der Waals surface area contributed by atoms with E-state index in [2.05, 4.69) is 10.2 Å². The fraction of sp³-hybridized carbons (Fsp3) is 0.650. The summed E-state index contributed by atoms with van der Waals surface area (Å²) < 4.78 is 46.3. The average molecular weight is 394 g/mol. The van der Waals surface area contributed by atoms with Gasteiger partial charge in [0.2, 0.25) is 0 Å². The zero-order chi connectivity index (χ0) is 19.7. The Labute approximate surface area is 160 Å². The summed E-state index contributed by atoms with van der Waals surface area (Å²) in [5, 5.41) is 15.5. The Morgan fingerprint density at radius 2 is 1.68 bits per heavy atom. The van der Waals surface area contributed by atoms with E-state index >= 15 is 0 Å². The predicted molar refractivity (Wildman–Crippen MR) is 92.0 cm³/mol. The average Bonchev–Trinajstić information content (AvgIpc) is 3.40. The van der Waals surface area contributed by atoms with Gasteiger partial charge in [0.1, 0.15) is 5.75 Å². The van der Waals surface area contributed by atoms with Crippen LogP contribution in [0, 0.1) is 17.8 Å². The molecule has 4 saturated carbocycles. The maximum absolute atomic E-state index is 13.7. The Morgan fingerprint density at radius 1 is 1.11 bits per heavy atom. The number of carbonyl (C=O) groups is 1. The largest absolute Gasteiger partial charge is 0.481 e. The quantitative estimate of drug-likeness (QED) is 0.780. The van der Waals surface area contributed by atoms with Gasteiger partial charge in [0.25, 0.3) is 0 Å². The molecule has 1 aromatic rings. The van der Waals surface area contributed by atoms with Gasteiger partial charge in [0.05, 0.1) is 5.56 Å². The number of hydrogen-bond acceptors (Lipinski definition) is 4. The molecule has 0 unspecified atom stereocenters. The monoisotopic (exact) mass is 394 g/mol. The third-order valence-corrected chi connectivity index (χ3v) is 7.05. The summed E-state index contributed by atoms with van der Waals surface area (Å²) in [5.41, 5.74) is -2.00. The van der Waals surface area contributed by atoms with Gasteiger partial charge >= 0.3 is 17.8 Å². The standard InChI is InChI=1S/C20H21F3N2O3/c21-20(22,23)19(24-25-19)15-6-14(1-2-16(15)28-10-17(26)27)18-7-11-3-12(8-18)5-13(4-11)9-18/h1-2,6,11-13H,3-5,7-10H2,(H,26,27). The number of hydrogen-bond donors (Lipinski definition) is 1. The lowest BCUT2D eigenvalue weighted by Gasteiger charge is -2.57. The first-order valence-corrected chi connectivity index (χ1v) is 9.71. The van der Waals surface area contributed by atoms with Crippen molar-refractivity contribution in [3.05, 3.63) is 29.3 Å². The Bertz CT molecular complexity index is 823. The lowest BCUT2D eigenvalue weighted by atomic mass is 9.48. The number of benzene rings is 1. The number of rotatable bonds is 5. The van der Waals surface area contributed by atoms with E-state index in [-0.39, 0.29) is 16.7 Å². The van der Waals surface area contributed by atoms with Gasteiger partial charge in [0, 0.05) is 0 Å². The van der Waals surface area contributed by atoms with E-state index in [0.29, 0.717) is 17.8 Å². The van der Waals surface area contributed by atoms with E-state index in [1.807, 2.05) is 6.07 Å². The van der Waals surface area contributed by atoms with Crippen LogP contribution in [0.15, 0.2) is 28.4 Å². The zero-order valence-electron chi connectivity index (χ0n) is 15.2. The molecule has 0 spiro atoms. The van der Waals surface area contributed by atoms with Crippen LogP contribution in [0.5, 0.6) is 5.75 Å². The van der Waals surface area contributed by atoms with Gasteiger partial charge in [-0.2, -0.15) is 13.2 Å². The van der Waals surface area contributed by atoms with Crippen LogP contribution in [0.25, 0.3) is 0 Å². The molecule has 1 heterocycles. The number of halogens is 3. The fourth-order valence-electron chi connectivity index (χ4n) is 6.29. The molecule has 0 amide bonds. The highest BCUT2D eigenvalue weighted by Gasteiger charge is 2.66. The maximum atomic E-state index is 13.7. The first-order chi connectivity index (χ1) is 13.2. The van der Waals surface area contributed by atoms with Crippen molar-refractivity contribution in [2.45, 2.75) is 55.8 Å². The number of ether oxygens (including phenoxy) is 1. The third-order valence-electron chi connectivity index (χ3n) is 7.05. The topological polar surface area (TPSA) is 71.2 Å². The van der Waals surface area contributed by atoms with Crippen LogP contribution in [0.2, 0.25) is 0 Å². The van der Waals surface area contributed by atoms with Crippen LogP contribution in [-0.2, 0) is 15.9 Å². The van der Waals surface area contributed by atoms with E-state index in [4.69, 9.17) is 9.84 Å². The molecule has 150 valence electrons. The lowest BCUT2D eigenvalue weighted by molar-refractivity contribution is -0.166. The van der Waals surface area contributed by atoms with Crippen LogP contribution in [-0.4, -0.2) is 23.9 Å². The van der Waals surface area contributed by atoms with Crippen LogP contribution < -0.4 is 4.74 Å².